The van der Waals surface area contributed by atoms with Crippen molar-refractivity contribution in [2.45, 2.75) is 11.8 Å². The molecule has 72 valence electrons. The summed E-state index contributed by atoms with van der Waals surface area (Å²) in [4.78, 5) is 3.72. The fraction of sp³-hybridized carbons (Fsp3) is 0.286. The highest BCUT2D eigenvalue weighted by molar-refractivity contribution is 14.1. The molecule has 13 heavy (non-hydrogen) atoms. The van der Waals surface area contributed by atoms with Crippen LogP contribution < -0.4 is 0 Å². The number of rotatable bonds is 2. The average Bonchev–Trinajstić information content (AvgIpc) is 2.07. The molecule has 0 fully saturated rings. The molecule has 0 aromatic carbocycles. The van der Waals surface area contributed by atoms with E-state index in [1.807, 2.05) is 22.6 Å². The molecule has 0 radical (unpaired) electrons. The van der Waals surface area contributed by atoms with E-state index in [4.69, 9.17) is 11.6 Å². The van der Waals surface area contributed by atoms with Gasteiger partial charge >= 0.3 is 0 Å². The van der Waals surface area contributed by atoms with Gasteiger partial charge in [-0.2, -0.15) is 0 Å². The summed E-state index contributed by atoms with van der Waals surface area (Å²) in [5.74, 6) is 0. The molecule has 0 aliphatic heterocycles. The standard InChI is InChI=1S/C7H4BrClF2IN/c8-2-3-1-4(9)5(6(10)11)13-7(3)12/h1,6H,2H2. The zero-order chi connectivity index (χ0) is 10.0. The lowest BCUT2D eigenvalue weighted by Gasteiger charge is -2.05. The molecule has 1 rings (SSSR count). The van der Waals surface area contributed by atoms with Gasteiger partial charge in [0, 0.05) is 5.33 Å². The van der Waals surface area contributed by atoms with Gasteiger partial charge < -0.3 is 0 Å². The van der Waals surface area contributed by atoms with E-state index < -0.39 is 6.43 Å². The molecule has 0 bridgehead atoms. The van der Waals surface area contributed by atoms with E-state index in [-0.39, 0.29) is 10.7 Å². The lowest BCUT2D eigenvalue weighted by molar-refractivity contribution is 0.146. The maximum absolute atomic E-state index is 12.3. The summed E-state index contributed by atoms with van der Waals surface area (Å²) in [6, 6.07) is 1.51. The Morgan fingerprint density at radius 2 is 2.23 bits per heavy atom. The second kappa shape index (κ2) is 4.84. The molecule has 1 heterocycles. The van der Waals surface area contributed by atoms with Gasteiger partial charge in [0.1, 0.15) is 9.39 Å². The molecule has 0 atom stereocenters. The van der Waals surface area contributed by atoms with Crippen LogP contribution in [0.4, 0.5) is 8.78 Å². The van der Waals surface area contributed by atoms with Gasteiger partial charge in [-0.3, -0.25) is 0 Å². The van der Waals surface area contributed by atoms with E-state index in [0.717, 1.165) is 5.56 Å². The van der Waals surface area contributed by atoms with Crippen LogP contribution in [0.3, 0.4) is 0 Å². The topological polar surface area (TPSA) is 12.9 Å². The van der Waals surface area contributed by atoms with Crippen molar-refractivity contribution in [1.82, 2.24) is 4.98 Å². The molecular weight excluding hydrogens is 378 g/mol. The third kappa shape index (κ3) is 2.73. The minimum absolute atomic E-state index is 0.0184. The van der Waals surface area contributed by atoms with Crippen LogP contribution in [0, 0.1) is 3.70 Å². The summed E-state index contributed by atoms with van der Waals surface area (Å²) in [6.07, 6.45) is -2.62. The van der Waals surface area contributed by atoms with Crippen LogP contribution in [0.15, 0.2) is 6.07 Å². The van der Waals surface area contributed by atoms with Crippen molar-refractivity contribution >= 4 is 50.1 Å². The first-order valence-corrected chi connectivity index (χ1v) is 5.83. The number of pyridine rings is 1. The summed E-state index contributed by atoms with van der Waals surface area (Å²) in [7, 11) is 0. The second-order valence-electron chi connectivity index (χ2n) is 2.24. The highest BCUT2D eigenvalue weighted by Crippen LogP contribution is 2.28. The summed E-state index contributed by atoms with van der Waals surface area (Å²) < 4.78 is 25.1. The molecule has 0 aliphatic rings. The molecule has 0 aliphatic carbocycles. The third-order valence-electron chi connectivity index (χ3n) is 1.38. The number of aromatic nitrogens is 1. The summed E-state index contributed by atoms with van der Waals surface area (Å²) in [6.45, 7) is 0. The quantitative estimate of drug-likeness (QED) is 0.425. The number of hydrogen-bond acceptors (Lipinski definition) is 1. The first-order valence-electron chi connectivity index (χ1n) is 3.25. The number of halogens is 5. The van der Waals surface area contributed by atoms with E-state index in [0.29, 0.717) is 9.03 Å². The van der Waals surface area contributed by atoms with Crippen LogP contribution in [0.25, 0.3) is 0 Å². The largest absolute Gasteiger partial charge is 0.281 e. The molecule has 0 N–H and O–H groups in total. The monoisotopic (exact) mass is 381 g/mol. The Bertz CT molecular complexity index is 322. The van der Waals surface area contributed by atoms with Crippen molar-refractivity contribution in [2.75, 3.05) is 0 Å². The molecule has 0 spiro atoms. The van der Waals surface area contributed by atoms with Crippen LogP contribution in [-0.4, -0.2) is 4.98 Å². The van der Waals surface area contributed by atoms with Crippen molar-refractivity contribution in [2.24, 2.45) is 0 Å². The van der Waals surface area contributed by atoms with Gasteiger partial charge in [0.05, 0.1) is 5.02 Å². The zero-order valence-electron chi connectivity index (χ0n) is 6.20. The normalized spacial score (nSPS) is 10.9. The Hall–Kier alpha value is 0.510. The Morgan fingerprint density at radius 1 is 1.62 bits per heavy atom. The fourth-order valence-corrected chi connectivity index (χ4v) is 2.58. The number of nitrogens with zero attached hydrogens (tertiary/aromatic N) is 1. The summed E-state index contributed by atoms with van der Waals surface area (Å²) in [5.41, 5.74) is 0.464. The van der Waals surface area contributed by atoms with Crippen LogP contribution in [0.2, 0.25) is 5.02 Å². The van der Waals surface area contributed by atoms with Gasteiger partial charge in [-0.25, -0.2) is 13.8 Å². The van der Waals surface area contributed by atoms with Gasteiger partial charge in [0.15, 0.2) is 0 Å². The highest BCUT2D eigenvalue weighted by atomic mass is 127. The molecule has 0 amide bonds. The van der Waals surface area contributed by atoms with Gasteiger partial charge in [-0.15, -0.1) is 0 Å². The van der Waals surface area contributed by atoms with Crippen molar-refractivity contribution in [3.05, 3.63) is 26.0 Å². The molecule has 1 nitrogen and oxygen atoms in total. The maximum atomic E-state index is 12.3. The predicted molar refractivity (Wildman–Crippen MR) is 59.6 cm³/mol. The summed E-state index contributed by atoms with van der Waals surface area (Å²) in [5, 5.41) is 0.575. The van der Waals surface area contributed by atoms with Crippen molar-refractivity contribution in [3.63, 3.8) is 0 Å². The van der Waals surface area contributed by atoms with Crippen LogP contribution in [0.1, 0.15) is 17.7 Å². The first-order chi connectivity index (χ1) is 6.06. The van der Waals surface area contributed by atoms with E-state index in [2.05, 4.69) is 20.9 Å². The average molecular weight is 382 g/mol. The van der Waals surface area contributed by atoms with E-state index in [9.17, 15) is 8.78 Å². The predicted octanol–water partition coefficient (Wildman–Crippen LogP) is 4.17. The SMILES string of the molecule is FC(F)c1nc(I)c(CBr)cc1Cl. The molecule has 0 saturated heterocycles. The Balaban J connectivity index is 3.20. The lowest BCUT2D eigenvalue weighted by atomic mass is 10.3. The molecule has 1 aromatic heterocycles. The fourth-order valence-electron chi connectivity index (χ4n) is 0.764. The van der Waals surface area contributed by atoms with Gasteiger partial charge in [-0.05, 0) is 34.2 Å². The Morgan fingerprint density at radius 3 is 2.69 bits per heavy atom. The lowest BCUT2D eigenvalue weighted by Crippen LogP contribution is -1.97. The molecular formula is C7H4BrClF2IN. The van der Waals surface area contributed by atoms with Crippen molar-refractivity contribution < 1.29 is 8.78 Å². The minimum Gasteiger partial charge on any atom is -0.239 e. The van der Waals surface area contributed by atoms with Crippen molar-refractivity contribution in [3.8, 4) is 0 Å². The van der Waals surface area contributed by atoms with E-state index >= 15 is 0 Å². The number of hydrogen-bond donors (Lipinski definition) is 0. The van der Waals surface area contributed by atoms with Crippen LogP contribution in [-0.2, 0) is 5.33 Å². The van der Waals surface area contributed by atoms with E-state index in [1.165, 1.54) is 6.07 Å². The van der Waals surface area contributed by atoms with Gasteiger partial charge in [-0.1, -0.05) is 27.5 Å². The van der Waals surface area contributed by atoms with Crippen LogP contribution in [0.5, 0.6) is 0 Å². The van der Waals surface area contributed by atoms with E-state index in [1.54, 1.807) is 0 Å². The first kappa shape index (κ1) is 11.6. The molecule has 0 saturated carbocycles. The Labute approximate surface area is 101 Å². The molecule has 6 heteroatoms. The smallest absolute Gasteiger partial charge is 0.239 e. The number of alkyl halides is 3. The minimum atomic E-state index is -2.62. The van der Waals surface area contributed by atoms with Crippen LogP contribution >= 0.6 is 50.1 Å². The van der Waals surface area contributed by atoms with Crippen molar-refractivity contribution in [1.29, 1.82) is 0 Å². The highest BCUT2D eigenvalue weighted by Gasteiger charge is 2.16. The molecule has 0 unspecified atom stereocenters. The summed E-state index contributed by atoms with van der Waals surface area (Å²) >= 11 is 10.7. The maximum Gasteiger partial charge on any atom is 0.281 e. The van der Waals surface area contributed by atoms with Gasteiger partial charge in [0.25, 0.3) is 6.43 Å². The third-order valence-corrected chi connectivity index (χ3v) is 3.22. The van der Waals surface area contributed by atoms with Gasteiger partial charge in [0.2, 0.25) is 0 Å². The Kier molecular flexibility index (Phi) is 4.31. The zero-order valence-corrected chi connectivity index (χ0v) is 10.7. The second-order valence-corrected chi connectivity index (χ2v) is 4.23. The molecule has 1 aromatic rings.